The number of Topliss-reactive ketones (excluding diaryl/α,β-unsaturated/α-hetero) is 1. The van der Waals surface area contributed by atoms with Crippen molar-refractivity contribution in [1.29, 1.82) is 0 Å². The molecule has 4 aromatic rings. The maximum Gasteiger partial charge on any atom is 0.433 e. The fourth-order valence-corrected chi connectivity index (χ4v) is 5.42. The molecule has 1 aliphatic rings. The quantitative estimate of drug-likeness (QED) is 0.246. The Labute approximate surface area is 244 Å². The van der Waals surface area contributed by atoms with Crippen LogP contribution in [0.15, 0.2) is 48.7 Å². The van der Waals surface area contributed by atoms with Gasteiger partial charge >= 0.3 is 6.18 Å². The van der Waals surface area contributed by atoms with Crippen molar-refractivity contribution in [3.8, 4) is 17.0 Å². The zero-order valence-electron chi connectivity index (χ0n) is 23.7. The first kappa shape index (κ1) is 30.1. The Morgan fingerprint density at radius 2 is 1.74 bits per heavy atom. The summed E-state index contributed by atoms with van der Waals surface area (Å²) in [6.07, 6.45) is -3.69. The minimum atomic E-state index is -4.78. The van der Waals surface area contributed by atoms with Gasteiger partial charge in [0.1, 0.15) is 17.1 Å². The highest BCUT2D eigenvalue weighted by molar-refractivity contribution is 6.00. The Balaban J connectivity index is 1.44. The van der Waals surface area contributed by atoms with E-state index in [1.807, 2.05) is 0 Å². The normalized spacial score (nSPS) is 15.1. The van der Waals surface area contributed by atoms with E-state index in [-0.39, 0.29) is 60.0 Å². The highest BCUT2D eigenvalue weighted by Crippen LogP contribution is 2.37. The first-order valence-electron chi connectivity index (χ1n) is 13.5. The van der Waals surface area contributed by atoms with Crippen molar-refractivity contribution in [3.05, 3.63) is 82.4 Å². The van der Waals surface area contributed by atoms with Crippen LogP contribution in [0.4, 0.5) is 17.6 Å². The number of carbonyl (C=O) groups excluding carboxylic acids is 2. The largest absolute Gasteiger partial charge is 0.497 e. The minimum Gasteiger partial charge on any atom is -0.497 e. The Morgan fingerprint density at radius 3 is 2.33 bits per heavy atom. The average Bonchev–Trinajstić information content (AvgIpc) is 3.40. The van der Waals surface area contributed by atoms with Crippen LogP contribution in [0.5, 0.6) is 5.75 Å². The van der Waals surface area contributed by atoms with Crippen LogP contribution >= 0.6 is 0 Å². The van der Waals surface area contributed by atoms with Crippen LogP contribution in [0.2, 0.25) is 0 Å². The van der Waals surface area contributed by atoms with Crippen molar-refractivity contribution in [3.63, 3.8) is 0 Å². The SMILES string of the molecule is COc1ccc(-c2nc3c(C(=O)N4CCN([C@@H](CO)c5cc(C(C)=O)ccc5F)CC4)cnn3c(C(F)(F)F)c2C)cc1. The fourth-order valence-electron chi connectivity index (χ4n) is 5.42. The van der Waals surface area contributed by atoms with E-state index in [9.17, 15) is 32.3 Å². The third kappa shape index (κ3) is 5.69. The standard InChI is InChI=1S/C30H29F4N5O4/c1-17-26(19-4-7-21(43-3)8-5-19)36-28-23(15-35-39(28)27(17)30(32,33)34)29(42)38-12-10-37(11-13-38)25(16-40)22-14-20(18(2)41)6-9-24(22)31/h4-9,14-15,25,40H,10-13,16H2,1-3H3/t25-/m0/s1. The van der Waals surface area contributed by atoms with Gasteiger partial charge < -0.3 is 14.7 Å². The molecule has 0 aliphatic carbocycles. The maximum absolute atomic E-state index is 14.7. The number of methoxy groups -OCH3 is 1. The number of amides is 1. The van der Waals surface area contributed by atoms with Gasteiger partial charge in [0.05, 0.1) is 31.6 Å². The molecule has 9 nitrogen and oxygen atoms in total. The smallest absolute Gasteiger partial charge is 0.433 e. The third-order valence-electron chi connectivity index (χ3n) is 7.72. The monoisotopic (exact) mass is 599 g/mol. The number of nitrogens with zero attached hydrogens (tertiary/aromatic N) is 5. The van der Waals surface area contributed by atoms with Crippen molar-refractivity contribution in [1.82, 2.24) is 24.4 Å². The molecule has 0 spiro atoms. The second kappa shape index (κ2) is 11.7. The lowest BCUT2D eigenvalue weighted by molar-refractivity contribution is -0.143. The molecule has 1 saturated heterocycles. The van der Waals surface area contributed by atoms with Gasteiger partial charge in [-0.15, -0.1) is 0 Å². The van der Waals surface area contributed by atoms with Crippen LogP contribution in [-0.4, -0.2) is 81.1 Å². The van der Waals surface area contributed by atoms with Gasteiger partial charge in [-0.3, -0.25) is 14.5 Å². The van der Waals surface area contributed by atoms with Crippen LogP contribution in [0.25, 0.3) is 16.9 Å². The Bertz CT molecular complexity index is 1680. The zero-order valence-corrected chi connectivity index (χ0v) is 23.7. The van der Waals surface area contributed by atoms with E-state index in [1.165, 1.54) is 44.1 Å². The highest BCUT2D eigenvalue weighted by atomic mass is 19.4. The van der Waals surface area contributed by atoms with Crippen LogP contribution in [0.1, 0.15) is 50.5 Å². The second-order valence-electron chi connectivity index (χ2n) is 10.3. The number of alkyl halides is 3. The topological polar surface area (TPSA) is 100 Å². The average molecular weight is 600 g/mol. The number of hydrogen-bond acceptors (Lipinski definition) is 7. The van der Waals surface area contributed by atoms with Gasteiger partial charge in [-0.1, -0.05) is 0 Å². The molecule has 0 bridgehead atoms. The van der Waals surface area contributed by atoms with Crippen LogP contribution in [-0.2, 0) is 6.18 Å². The molecule has 1 amide bonds. The maximum atomic E-state index is 14.7. The van der Waals surface area contributed by atoms with Gasteiger partial charge in [-0.2, -0.15) is 18.3 Å². The summed E-state index contributed by atoms with van der Waals surface area (Å²) in [6, 6.07) is 9.63. The predicted octanol–water partition coefficient (Wildman–Crippen LogP) is 4.57. The molecule has 2 aromatic heterocycles. The predicted molar refractivity (Wildman–Crippen MR) is 148 cm³/mol. The van der Waals surface area contributed by atoms with E-state index in [4.69, 9.17) is 4.74 Å². The van der Waals surface area contributed by atoms with Crippen molar-refractivity contribution < 1.29 is 37.0 Å². The Kier molecular flexibility index (Phi) is 8.21. The molecule has 13 heteroatoms. The molecule has 2 aromatic carbocycles. The molecule has 1 N–H and O–H groups in total. The number of aliphatic hydroxyl groups excluding tert-OH is 1. The van der Waals surface area contributed by atoms with Gasteiger partial charge in [0.2, 0.25) is 0 Å². The summed E-state index contributed by atoms with van der Waals surface area (Å²) in [4.78, 5) is 33.2. The van der Waals surface area contributed by atoms with E-state index in [0.717, 1.165) is 6.20 Å². The van der Waals surface area contributed by atoms with Crippen molar-refractivity contribution in [2.75, 3.05) is 39.9 Å². The number of aromatic nitrogens is 3. The fraction of sp³-hybridized carbons (Fsp3) is 0.333. The lowest BCUT2D eigenvalue weighted by Gasteiger charge is -2.39. The van der Waals surface area contributed by atoms with Gasteiger partial charge in [0.15, 0.2) is 17.1 Å². The zero-order chi connectivity index (χ0) is 31.1. The number of rotatable bonds is 7. The summed E-state index contributed by atoms with van der Waals surface area (Å²) in [6.45, 7) is 3.06. The third-order valence-corrected chi connectivity index (χ3v) is 7.72. The second-order valence-corrected chi connectivity index (χ2v) is 10.3. The molecule has 5 rings (SSSR count). The summed E-state index contributed by atoms with van der Waals surface area (Å²) in [7, 11) is 1.48. The first-order chi connectivity index (χ1) is 20.4. The minimum absolute atomic E-state index is 0.0578. The summed E-state index contributed by atoms with van der Waals surface area (Å²) < 4.78 is 63.3. The number of halogens is 4. The molecule has 0 radical (unpaired) electrons. The summed E-state index contributed by atoms with van der Waals surface area (Å²) in [5, 5.41) is 14.0. The van der Waals surface area contributed by atoms with Crippen LogP contribution in [0.3, 0.4) is 0 Å². The molecular formula is C30H29F4N5O4. The summed E-state index contributed by atoms with van der Waals surface area (Å²) in [5.74, 6) is -0.835. The van der Waals surface area contributed by atoms with Crippen molar-refractivity contribution in [2.45, 2.75) is 26.1 Å². The number of piperazine rings is 1. The summed E-state index contributed by atoms with van der Waals surface area (Å²) in [5.41, 5.74) is -0.544. The van der Waals surface area contributed by atoms with Crippen molar-refractivity contribution >= 4 is 17.3 Å². The lowest BCUT2D eigenvalue weighted by atomic mass is 10.00. The van der Waals surface area contributed by atoms with E-state index < -0.39 is 36.2 Å². The number of hydrogen-bond donors (Lipinski definition) is 1. The highest BCUT2D eigenvalue weighted by Gasteiger charge is 2.39. The van der Waals surface area contributed by atoms with Gasteiger partial charge in [-0.25, -0.2) is 13.9 Å². The number of benzene rings is 2. The molecule has 226 valence electrons. The van der Waals surface area contributed by atoms with Crippen LogP contribution < -0.4 is 4.74 Å². The molecule has 1 aliphatic heterocycles. The van der Waals surface area contributed by atoms with E-state index in [0.29, 0.717) is 21.4 Å². The molecular weight excluding hydrogens is 570 g/mol. The summed E-state index contributed by atoms with van der Waals surface area (Å²) >= 11 is 0. The van der Waals surface area contributed by atoms with Gasteiger partial charge in [-0.05, 0) is 56.3 Å². The van der Waals surface area contributed by atoms with Crippen molar-refractivity contribution in [2.24, 2.45) is 0 Å². The molecule has 0 unspecified atom stereocenters. The lowest BCUT2D eigenvalue weighted by Crippen LogP contribution is -2.50. The number of ether oxygens (including phenoxy) is 1. The van der Waals surface area contributed by atoms with E-state index in [1.54, 1.807) is 29.2 Å². The number of carbonyl (C=O) groups is 2. The number of fused-ring (bicyclic) bond motifs is 1. The van der Waals surface area contributed by atoms with Crippen LogP contribution in [0, 0.1) is 12.7 Å². The molecule has 1 atom stereocenters. The molecule has 1 fully saturated rings. The number of ketones is 1. The first-order valence-corrected chi connectivity index (χ1v) is 13.5. The Morgan fingerprint density at radius 1 is 1.07 bits per heavy atom. The van der Waals surface area contributed by atoms with Gasteiger partial charge in [0, 0.05) is 48.4 Å². The van der Waals surface area contributed by atoms with Gasteiger partial charge in [0.25, 0.3) is 5.91 Å². The van der Waals surface area contributed by atoms with E-state index in [2.05, 4.69) is 10.1 Å². The van der Waals surface area contributed by atoms with E-state index >= 15 is 0 Å². The Hall–Kier alpha value is -4.36. The molecule has 43 heavy (non-hydrogen) atoms. The molecule has 0 saturated carbocycles. The number of aliphatic hydroxyl groups is 1. The molecule has 3 heterocycles.